The summed E-state index contributed by atoms with van der Waals surface area (Å²) in [5, 5.41) is 18.7. The van der Waals surface area contributed by atoms with Crippen LogP contribution in [0.2, 0.25) is 0 Å². The van der Waals surface area contributed by atoms with Crippen LogP contribution in [0.4, 0.5) is 0 Å². The number of phenols is 2. The molecule has 0 saturated carbocycles. The molecule has 0 fully saturated rings. The quantitative estimate of drug-likeness (QED) is 0.211. The molecule has 0 atom stereocenters. The molecule has 27 heavy (non-hydrogen) atoms. The van der Waals surface area contributed by atoms with Crippen LogP contribution in [0.1, 0.15) is 102 Å². The average molecular weight is 379 g/mol. The van der Waals surface area contributed by atoms with E-state index in [1.807, 2.05) is 6.07 Å². The van der Waals surface area contributed by atoms with E-state index in [0.717, 1.165) is 25.0 Å². The Morgan fingerprint density at radius 1 is 0.630 bits per heavy atom. The van der Waals surface area contributed by atoms with Gasteiger partial charge in [-0.05, 0) is 30.5 Å². The maximum atomic E-state index is 9.45. The maximum absolute atomic E-state index is 9.45. The number of rotatable bonds is 18. The summed E-state index contributed by atoms with van der Waals surface area (Å²) in [6, 6.07) is 4.95. The maximum Gasteiger partial charge on any atom is 0.157 e. The third-order valence-corrected chi connectivity index (χ3v) is 5.22. The molecule has 1 aromatic rings. The van der Waals surface area contributed by atoms with Crippen LogP contribution in [-0.2, 0) is 11.2 Å². The normalized spacial score (nSPS) is 11.1. The van der Waals surface area contributed by atoms with Crippen LogP contribution in [-0.4, -0.2) is 23.4 Å². The lowest BCUT2D eigenvalue weighted by molar-refractivity contribution is 0.132. The minimum absolute atomic E-state index is 0.0560. The Bertz CT molecular complexity index is 459. The molecule has 0 aromatic heterocycles. The molecule has 3 heteroatoms. The summed E-state index contributed by atoms with van der Waals surface area (Å²) < 4.78 is 5.67. The Kier molecular flexibility index (Phi) is 14.9. The van der Waals surface area contributed by atoms with Crippen LogP contribution >= 0.6 is 0 Å². The molecule has 0 aliphatic rings. The van der Waals surface area contributed by atoms with Gasteiger partial charge >= 0.3 is 0 Å². The molecule has 2 N–H and O–H groups in total. The molecule has 0 aliphatic heterocycles. The van der Waals surface area contributed by atoms with E-state index in [2.05, 4.69) is 6.92 Å². The van der Waals surface area contributed by atoms with Gasteiger partial charge in [-0.1, -0.05) is 96.5 Å². The van der Waals surface area contributed by atoms with Gasteiger partial charge in [-0.3, -0.25) is 0 Å². The van der Waals surface area contributed by atoms with Crippen molar-refractivity contribution in [2.45, 2.75) is 103 Å². The number of hydrogen-bond acceptors (Lipinski definition) is 3. The molecular weight excluding hydrogens is 336 g/mol. The Morgan fingerprint density at radius 2 is 1.15 bits per heavy atom. The molecule has 0 unspecified atom stereocenters. The van der Waals surface area contributed by atoms with E-state index in [0.29, 0.717) is 6.61 Å². The van der Waals surface area contributed by atoms with Crippen molar-refractivity contribution in [3.63, 3.8) is 0 Å². The zero-order valence-corrected chi connectivity index (χ0v) is 17.6. The minimum Gasteiger partial charge on any atom is -0.504 e. The Labute approximate surface area is 167 Å². The SMILES string of the molecule is CCCCCCCCCCCCCCCCOCCc1ccc(O)c(O)c1. The summed E-state index contributed by atoms with van der Waals surface area (Å²) >= 11 is 0. The second-order valence-corrected chi connectivity index (χ2v) is 7.78. The van der Waals surface area contributed by atoms with Crippen LogP contribution in [0.25, 0.3) is 0 Å². The van der Waals surface area contributed by atoms with Crippen LogP contribution in [0.5, 0.6) is 11.5 Å². The second-order valence-electron chi connectivity index (χ2n) is 7.78. The highest BCUT2D eigenvalue weighted by Gasteiger charge is 2.00. The Balaban J connectivity index is 1.77. The van der Waals surface area contributed by atoms with E-state index < -0.39 is 0 Å². The molecule has 1 rings (SSSR count). The lowest BCUT2D eigenvalue weighted by Gasteiger charge is -2.06. The fraction of sp³-hybridized carbons (Fsp3) is 0.750. The van der Waals surface area contributed by atoms with Crippen molar-refractivity contribution in [3.05, 3.63) is 23.8 Å². The summed E-state index contributed by atoms with van der Waals surface area (Å²) in [5.41, 5.74) is 0.992. The molecule has 0 radical (unpaired) electrons. The molecular formula is C24H42O3. The third kappa shape index (κ3) is 13.6. The summed E-state index contributed by atoms with van der Waals surface area (Å²) in [5.74, 6) is -0.124. The standard InChI is InChI=1S/C24H42O3/c1-2-3-4-5-6-7-8-9-10-11-12-13-14-15-19-27-20-18-22-16-17-23(25)24(26)21-22/h16-17,21,25-26H,2-15,18-20H2,1H3. The number of benzene rings is 1. The van der Waals surface area contributed by atoms with Gasteiger partial charge in [0.05, 0.1) is 6.61 Å². The summed E-state index contributed by atoms with van der Waals surface area (Å²) in [6.07, 6.45) is 20.0. The number of ether oxygens (including phenoxy) is 1. The smallest absolute Gasteiger partial charge is 0.157 e. The first kappa shape index (κ1) is 23.8. The van der Waals surface area contributed by atoms with Crippen molar-refractivity contribution in [1.82, 2.24) is 0 Å². The van der Waals surface area contributed by atoms with Gasteiger partial charge in [0.25, 0.3) is 0 Å². The zero-order chi connectivity index (χ0) is 19.6. The van der Waals surface area contributed by atoms with Gasteiger partial charge in [-0.2, -0.15) is 0 Å². The fourth-order valence-electron chi connectivity index (χ4n) is 3.42. The first-order valence-electron chi connectivity index (χ1n) is 11.3. The van der Waals surface area contributed by atoms with E-state index in [1.54, 1.807) is 6.07 Å². The fourth-order valence-corrected chi connectivity index (χ4v) is 3.42. The number of unbranched alkanes of at least 4 members (excludes halogenated alkanes) is 13. The van der Waals surface area contributed by atoms with Crippen molar-refractivity contribution >= 4 is 0 Å². The number of phenolic OH excluding ortho intramolecular Hbond substituents is 2. The van der Waals surface area contributed by atoms with Crippen molar-refractivity contribution in [1.29, 1.82) is 0 Å². The first-order valence-corrected chi connectivity index (χ1v) is 11.3. The third-order valence-electron chi connectivity index (χ3n) is 5.22. The first-order chi connectivity index (χ1) is 13.2. The van der Waals surface area contributed by atoms with E-state index in [1.165, 1.54) is 89.5 Å². The monoisotopic (exact) mass is 378 g/mol. The van der Waals surface area contributed by atoms with E-state index >= 15 is 0 Å². The molecule has 156 valence electrons. The predicted octanol–water partition coefficient (Wildman–Crippen LogP) is 7.14. The van der Waals surface area contributed by atoms with Crippen molar-refractivity contribution in [3.8, 4) is 11.5 Å². The van der Waals surface area contributed by atoms with Gasteiger partial charge < -0.3 is 14.9 Å². The molecule has 0 saturated heterocycles. The van der Waals surface area contributed by atoms with Crippen LogP contribution < -0.4 is 0 Å². The molecule has 1 aromatic carbocycles. The largest absolute Gasteiger partial charge is 0.504 e. The van der Waals surface area contributed by atoms with Gasteiger partial charge in [0.1, 0.15) is 0 Å². The number of hydrogen-bond donors (Lipinski definition) is 2. The van der Waals surface area contributed by atoms with Crippen LogP contribution in [0, 0.1) is 0 Å². The van der Waals surface area contributed by atoms with Crippen molar-refractivity contribution in [2.75, 3.05) is 13.2 Å². The predicted molar refractivity (Wildman–Crippen MR) is 115 cm³/mol. The lowest BCUT2D eigenvalue weighted by Crippen LogP contribution is -2.00. The highest BCUT2D eigenvalue weighted by Crippen LogP contribution is 2.25. The molecule has 0 amide bonds. The second kappa shape index (κ2) is 16.9. The Morgan fingerprint density at radius 3 is 1.67 bits per heavy atom. The average Bonchev–Trinajstić information content (AvgIpc) is 2.67. The van der Waals surface area contributed by atoms with Crippen LogP contribution in [0.3, 0.4) is 0 Å². The topological polar surface area (TPSA) is 49.7 Å². The minimum atomic E-state index is -0.0675. The van der Waals surface area contributed by atoms with Crippen LogP contribution in [0.15, 0.2) is 18.2 Å². The zero-order valence-electron chi connectivity index (χ0n) is 17.6. The van der Waals surface area contributed by atoms with Gasteiger partial charge in [-0.15, -0.1) is 0 Å². The molecule has 0 aliphatic carbocycles. The molecule has 3 nitrogen and oxygen atoms in total. The number of aromatic hydroxyl groups is 2. The molecule has 0 bridgehead atoms. The molecule has 0 heterocycles. The summed E-state index contributed by atoms with van der Waals surface area (Å²) in [6.45, 7) is 3.77. The van der Waals surface area contributed by atoms with Gasteiger partial charge in [0, 0.05) is 6.61 Å². The van der Waals surface area contributed by atoms with Crippen molar-refractivity contribution < 1.29 is 14.9 Å². The van der Waals surface area contributed by atoms with Crippen molar-refractivity contribution in [2.24, 2.45) is 0 Å². The summed E-state index contributed by atoms with van der Waals surface area (Å²) in [4.78, 5) is 0. The van der Waals surface area contributed by atoms with E-state index in [4.69, 9.17) is 4.74 Å². The van der Waals surface area contributed by atoms with Gasteiger partial charge in [0.15, 0.2) is 11.5 Å². The molecule has 0 spiro atoms. The highest BCUT2D eigenvalue weighted by molar-refractivity contribution is 5.40. The van der Waals surface area contributed by atoms with Gasteiger partial charge in [0.2, 0.25) is 0 Å². The Hall–Kier alpha value is -1.22. The highest BCUT2D eigenvalue weighted by atomic mass is 16.5. The van der Waals surface area contributed by atoms with E-state index in [9.17, 15) is 10.2 Å². The van der Waals surface area contributed by atoms with Gasteiger partial charge in [-0.25, -0.2) is 0 Å². The lowest BCUT2D eigenvalue weighted by atomic mass is 10.0. The summed E-state index contributed by atoms with van der Waals surface area (Å²) in [7, 11) is 0. The van der Waals surface area contributed by atoms with E-state index in [-0.39, 0.29) is 11.5 Å².